The van der Waals surface area contributed by atoms with E-state index in [0.717, 1.165) is 6.42 Å². The number of nitrogens with one attached hydrogen (secondary N) is 2. The molecule has 0 saturated carbocycles. The predicted octanol–water partition coefficient (Wildman–Crippen LogP) is 7.60. The van der Waals surface area contributed by atoms with Gasteiger partial charge in [0.2, 0.25) is 0 Å². The van der Waals surface area contributed by atoms with Gasteiger partial charge in [-0.2, -0.15) is 0 Å². The number of rotatable bonds is 7. The molecule has 33 heavy (non-hydrogen) atoms. The maximum Gasteiger partial charge on any atom is 0.0967 e. The molecule has 1 aliphatic rings. The summed E-state index contributed by atoms with van der Waals surface area (Å²) in [7, 11) is 4.16. The average molecular weight is 503 g/mol. The summed E-state index contributed by atoms with van der Waals surface area (Å²) in [5.74, 6) is 2.88. The number of hydrogen-bond donors (Lipinski definition) is 2. The summed E-state index contributed by atoms with van der Waals surface area (Å²) in [6.45, 7) is 29.7. The number of halogens is 2. The van der Waals surface area contributed by atoms with Gasteiger partial charge < -0.3 is 15.5 Å². The average Bonchev–Trinajstić information content (AvgIpc) is 2.79. The Bertz CT molecular complexity index is 540. The molecule has 0 spiro atoms. The molecule has 1 heterocycles. The Morgan fingerprint density at radius 1 is 1.27 bits per heavy atom. The van der Waals surface area contributed by atoms with Gasteiger partial charge in [0, 0.05) is 36.9 Å². The first-order chi connectivity index (χ1) is 15.4. The number of allylic oxidation sites excluding steroid dienone is 2. The fourth-order valence-corrected chi connectivity index (χ4v) is 2.91. The van der Waals surface area contributed by atoms with Crippen LogP contribution < -0.4 is 10.6 Å². The number of piperidine rings is 1. The summed E-state index contributed by atoms with van der Waals surface area (Å²) >= 11 is 9.53. The van der Waals surface area contributed by atoms with Gasteiger partial charge in [-0.25, -0.2) is 0 Å². The molecule has 1 aliphatic heterocycles. The molecule has 194 valence electrons. The molecule has 1 rings (SSSR count). The zero-order chi connectivity index (χ0) is 27.0. The molecule has 5 heteroatoms. The highest BCUT2D eigenvalue weighted by Crippen LogP contribution is 2.27. The molecule has 0 bridgehead atoms. The summed E-state index contributed by atoms with van der Waals surface area (Å²) in [5, 5.41) is 7.35. The standard InChI is InChI=1S/C17H33N3.C4H8.C3H6.C3H4.CH2Cl2/c1-11(2)14(5)20(8)15(6)17-12(3)9-10-16(19-17)13(4)18-7;1-3-4-2;2*1-3-2;2-1-3/h12-14,16-19H,1,6,9-10H2,2-5,7-8H3;3H,1,4H2,2H3;3H,1H2,2H3;1H,2H3;1H2/t12-,13?,14?,16?,17?;;;;/m0..../s1. The Hall–Kier alpha value is -1.18. The first-order valence-corrected chi connectivity index (χ1v) is 12.7. The van der Waals surface area contributed by atoms with Crippen LogP contribution in [0.4, 0.5) is 0 Å². The van der Waals surface area contributed by atoms with E-state index in [0.29, 0.717) is 30.1 Å². The van der Waals surface area contributed by atoms with Crippen LogP contribution in [0.3, 0.4) is 0 Å². The molecule has 0 amide bonds. The molecule has 5 atom stereocenters. The van der Waals surface area contributed by atoms with Gasteiger partial charge >= 0.3 is 0 Å². The molecule has 1 fully saturated rings. The van der Waals surface area contributed by atoms with Crippen LogP contribution in [0.25, 0.3) is 0 Å². The Morgan fingerprint density at radius 3 is 1.97 bits per heavy atom. The van der Waals surface area contributed by atoms with Crippen LogP contribution in [-0.4, -0.2) is 48.5 Å². The van der Waals surface area contributed by atoms with Crippen LogP contribution in [0.2, 0.25) is 0 Å². The first kappa shape index (κ1) is 39.1. The highest BCUT2D eigenvalue weighted by atomic mass is 35.5. The smallest absolute Gasteiger partial charge is 0.0967 e. The van der Waals surface area contributed by atoms with Gasteiger partial charge in [-0.15, -0.1) is 48.7 Å². The Balaban J connectivity index is -0.000000267. The highest BCUT2D eigenvalue weighted by molar-refractivity contribution is 6.40. The summed E-state index contributed by atoms with van der Waals surface area (Å²) in [5.41, 5.74) is 2.36. The number of likely N-dealkylation sites (N-methyl/N-ethyl adjacent to an activating group) is 2. The highest BCUT2D eigenvalue weighted by Gasteiger charge is 2.32. The second-order valence-corrected chi connectivity index (χ2v) is 8.81. The van der Waals surface area contributed by atoms with Crippen molar-refractivity contribution in [1.29, 1.82) is 0 Å². The molecule has 0 radical (unpaired) electrons. The van der Waals surface area contributed by atoms with Gasteiger partial charge in [0.25, 0.3) is 0 Å². The normalized spacial score (nSPS) is 19.9. The van der Waals surface area contributed by atoms with Crippen LogP contribution >= 0.6 is 23.2 Å². The van der Waals surface area contributed by atoms with Gasteiger partial charge in [0.15, 0.2) is 0 Å². The van der Waals surface area contributed by atoms with E-state index in [9.17, 15) is 0 Å². The molecule has 2 N–H and O–H groups in total. The molecule has 3 nitrogen and oxygen atoms in total. The van der Waals surface area contributed by atoms with Crippen molar-refractivity contribution in [3.8, 4) is 12.3 Å². The van der Waals surface area contributed by atoms with E-state index >= 15 is 0 Å². The third kappa shape index (κ3) is 21.1. The van der Waals surface area contributed by atoms with Crippen LogP contribution in [0.5, 0.6) is 0 Å². The minimum Gasteiger partial charge on any atom is -0.371 e. The summed E-state index contributed by atoms with van der Waals surface area (Å²) in [6, 6.07) is 1.70. The lowest BCUT2D eigenvalue weighted by Crippen LogP contribution is -2.56. The van der Waals surface area contributed by atoms with Gasteiger partial charge in [-0.05, 0) is 66.8 Å². The topological polar surface area (TPSA) is 27.3 Å². The quantitative estimate of drug-likeness (QED) is 0.213. The second kappa shape index (κ2) is 27.1. The van der Waals surface area contributed by atoms with Gasteiger partial charge in [0.05, 0.1) is 5.34 Å². The lowest BCUT2D eigenvalue weighted by molar-refractivity contribution is 0.202. The molecular weight excluding hydrogens is 449 g/mol. The Kier molecular flexibility index (Phi) is 32.0. The van der Waals surface area contributed by atoms with Crippen LogP contribution in [0.15, 0.2) is 49.7 Å². The van der Waals surface area contributed by atoms with Gasteiger partial charge in [0.1, 0.15) is 0 Å². The molecule has 0 aromatic carbocycles. The van der Waals surface area contributed by atoms with E-state index in [2.05, 4.69) is 95.9 Å². The van der Waals surface area contributed by atoms with Crippen molar-refractivity contribution < 1.29 is 0 Å². The number of nitrogens with zero attached hydrogens (tertiary/aromatic N) is 1. The molecule has 0 aromatic rings. The fraction of sp³-hybridized carbons (Fsp3) is 0.643. The summed E-state index contributed by atoms with van der Waals surface area (Å²) in [4.78, 5) is 2.27. The van der Waals surface area contributed by atoms with Crippen LogP contribution in [0.1, 0.15) is 67.7 Å². The molecule has 0 aromatic heterocycles. The fourth-order valence-electron chi connectivity index (χ4n) is 2.91. The monoisotopic (exact) mass is 501 g/mol. The molecule has 1 saturated heterocycles. The van der Waals surface area contributed by atoms with E-state index in [-0.39, 0.29) is 5.34 Å². The maximum atomic E-state index is 4.76. The van der Waals surface area contributed by atoms with Gasteiger partial charge in [-0.3, -0.25) is 0 Å². The van der Waals surface area contributed by atoms with E-state index < -0.39 is 0 Å². The van der Waals surface area contributed by atoms with E-state index in [1.165, 1.54) is 24.1 Å². The van der Waals surface area contributed by atoms with Crippen molar-refractivity contribution in [1.82, 2.24) is 15.5 Å². The summed E-state index contributed by atoms with van der Waals surface area (Å²) < 4.78 is 0. The summed E-state index contributed by atoms with van der Waals surface area (Å²) in [6.07, 6.45) is 11.8. The zero-order valence-electron chi connectivity index (χ0n) is 23.0. The van der Waals surface area contributed by atoms with Crippen molar-refractivity contribution >= 4 is 23.2 Å². The lowest BCUT2D eigenvalue weighted by atomic mass is 9.84. The maximum absolute atomic E-state index is 4.76. The SMILES string of the molecule is C#CC.C=C(C)C(C)N(C)C(=C)C1NC(C(C)NC)CC[C@@H]1C.C=CC.C=CCC.ClCCl. The van der Waals surface area contributed by atoms with Crippen molar-refractivity contribution in [2.45, 2.75) is 91.9 Å². The Morgan fingerprint density at radius 2 is 1.67 bits per heavy atom. The van der Waals surface area contributed by atoms with Crippen molar-refractivity contribution in [2.75, 3.05) is 19.4 Å². The van der Waals surface area contributed by atoms with Crippen molar-refractivity contribution in [3.63, 3.8) is 0 Å². The van der Waals surface area contributed by atoms with Crippen molar-refractivity contribution in [2.24, 2.45) is 5.92 Å². The van der Waals surface area contributed by atoms with E-state index in [1.54, 1.807) is 13.0 Å². The largest absolute Gasteiger partial charge is 0.371 e. The van der Waals surface area contributed by atoms with Crippen LogP contribution in [0, 0.1) is 18.3 Å². The third-order valence-corrected chi connectivity index (χ3v) is 5.35. The zero-order valence-corrected chi connectivity index (χ0v) is 24.5. The van der Waals surface area contributed by atoms with E-state index in [4.69, 9.17) is 23.2 Å². The van der Waals surface area contributed by atoms with Crippen LogP contribution in [-0.2, 0) is 0 Å². The number of alkyl halides is 2. The number of hydrogen-bond acceptors (Lipinski definition) is 3. The van der Waals surface area contributed by atoms with Crippen molar-refractivity contribution in [3.05, 3.63) is 49.7 Å². The molecule has 4 unspecified atom stereocenters. The molecule has 0 aliphatic carbocycles. The third-order valence-electron chi connectivity index (χ3n) is 5.35. The minimum atomic E-state index is 0.194. The minimum absolute atomic E-state index is 0.194. The first-order valence-electron chi connectivity index (χ1n) is 11.6. The van der Waals surface area contributed by atoms with E-state index in [1.807, 2.05) is 20.0 Å². The second-order valence-electron chi connectivity index (χ2n) is 8.00. The number of terminal acetylenes is 1. The van der Waals surface area contributed by atoms with Gasteiger partial charge in [-0.1, -0.05) is 44.7 Å². The molecular formula is C28H53Cl2N3. The lowest BCUT2D eigenvalue weighted by Gasteiger charge is -2.43. The Labute approximate surface area is 217 Å². The predicted molar refractivity (Wildman–Crippen MR) is 156 cm³/mol.